The highest BCUT2D eigenvalue weighted by Gasteiger charge is 2.17. The molecule has 0 N–H and O–H groups in total. The van der Waals surface area contributed by atoms with E-state index in [0.717, 1.165) is 12.8 Å². The van der Waals surface area contributed by atoms with Crippen molar-refractivity contribution in [2.24, 2.45) is 5.92 Å². The Morgan fingerprint density at radius 1 is 0.457 bits per heavy atom. The largest absolute Gasteiger partial charge is 0.374 e. The van der Waals surface area contributed by atoms with Crippen LogP contribution < -0.4 is 0 Å². The molecule has 0 amide bonds. The van der Waals surface area contributed by atoms with Crippen molar-refractivity contribution in [1.29, 1.82) is 0 Å². The Bertz CT molecular complexity index is 378. The first-order valence-electron chi connectivity index (χ1n) is 16.4. The zero-order chi connectivity index (χ0) is 25.7. The molecule has 0 saturated carbocycles. The molecule has 2 heteroatoms. The number of ketones is 1. The molecular weight excluding hydrogens is 428 g/mol. The molecule has 0 bridgehead atoms. The standard InChI is InChI=1S/C33H66O2/c1-4-7-9-11-13-15-17-19-21-23-25-27-29-32(33(34)31-35-6-3)30-28-26-24-22-20-18-16-14-12-10-8-5-2/h32H,4-31H2,1-3H3. The maximum absolute atomic E-state index is 12.6. The minimum Gasteiger partial charge on any atom is -0.374 e. The molecule has 0 saturated heterocycles. The summed E-state index contributed by atoms with van der Waals surface area (Å²) in [6.07, 6.45) is 35.3. The van der Waals surface area contributed by atoms with Crippen molar-refractivity contribution in [3.63, 3.8) is 0 Å². The molecule has 0 aliphatic rings. The van der Waals surface area contributed by atoms with E-state index in [0.29, 0.717) is 19.0 Å². The van der Waals surface area contributed by atoms with E-state index >= 15 is 0 Å². The van der Waals surface area contributed by atoms with Crippen molar-refractivity contribution in [3.8, 4) is 0 Å². The van der Waals surface area contributed by atoms with E-state index in [1.165, 1.54) is 154 Å². The van der Waals surface area contributed by atoms with Crippen LogP contribution in [-0.2, 0) is 9.53 Å². The van der Waals surface area contributed by atoms with Gasteiger partial charge in [0.25, 0.3) is 0 Å². The molecule has 0 radical (unpaired) electrons. The molecule has 0 atom stereocenters. The van der Waals surface area contributed by atoms with Gasteiger partial charge in [-0.3, -0.25) is 4.79 Å². The van der Waals surface area contributed by atoms with Gasteiger partial charge in [0.05, 0.1) is 0 Å². The molecule has 0 aromatic carbocycles. The third-order valence-corrected chi connectivity index (χ3v) is 7.72. The van der Waals surface area contributed by atoms with Crippen LogP contribution >= 0.6 is 0 Å². The number of carbonyl (C=O) groups excluding carboxylic acids is 1. The van der Waals surface area contributed by atoms with E-state index in [2.05, 4.69) is 13.8 Å². The van der Waals surface area contributed by atoms with Crippen molar-refractivity contribution >= 4 is 5.78 Å². The Balaban J connectivity index is 3.75. The van der Waals surface area contributed by atoms with Gasteiger partial charge in [-0.25, -0.2) is 0 Å². The Labute approximate surface area is 222 Å². The molecule has 2 nitrogen and oxygen atoms in total. The van der Waals surface area contributed by atoms with Crippen LogP contribution in [0.15, 0.2) is 0 Å². The predicted molar refractivity (Wildman–Crippen MR) is 156 cm³/mol. The summed E-state index contributed by atoms with van der Waals surface area (Å²) in [5.74, 6) is 0.603. The van der Waals surface area contributed by atoms with Gasteiger partial charge in [-0.2, -0.15) is 0 Å². The van der Waals surface area contributed by atoms with Crippen LogP contribution in [0.5, 0.6) is 0 Å². The Hall–Kier alpha value is -0.370. The third-order valence-electron chi connectivity index (χ3n) is 7.72. The number of carbonyl (C=O) groups is 1. The molecular formula is C33H66O2. The van der Waals surface area contributed by atoms with Crippen LogP contribution in [0.4, 0.5) is 0 Å². The van der Waals surface area contributed by atoms with Gasteiger partial charge in [0.1, 0.15) is 6.61 Å². The van der Waals surface area contributed by atoms with E-state index < -0.39 is 0 Å². The van der Waals surface area contributed by atoms with Crippen molar-refractivity contribution in [3.05, 3.63) is 0 Å². The number of ether oxygens (including phenoxy) is 1. The summed E-state index contributed by atoms with van der Waals surface area (Å²) in [6, 6.07) is 0. The van der Waals surface area contributed by atoms with E-state index in [1.807, 2.05) is 6.92 Å². The molecule has 0 aliphatic heterocycles. The molecule has 0 unspecified atom stereocenters. The second-order valence-electron chi connectivity index (χ2n) is 11.2. The zero-order valence-corrected chi connectivity index (χ0v) is 24.7. The molecule has 210 valence electrons. The molecule has 0 aromatic heterocycles. The fraction of sp³-hybridized carbons (Fsp3) is 0.970. The summed E-state index contributed by atoms with van der Waals surface area (Å²) in [5.41, 5.74) is 0. The first-order valence-corrected chi connectivity index (χ1v) is 16.4. The van der Waals surface area contributed by atoms with Gasteiger partial charge in [0.15, 0.2) is 5.78 Å². The lowest BCUT2D eigenvalue weighted by Crippen LogP contribution is -2.20. The first kappa shape index (κ1) is 34.6. The number of Topliss-reactive ketones (excluding diaryl/α,β-unsaturated/α-hetero) is 1. The van der Waals surface area contributed by atoms with Crippen molar-refractivity contribution in [1.82, 2.24) is 0 Å². The Morgan fingerprint density at radius 2 is 0.743 bits per heavy atom. The highest BCUT2D eigenvalue weighted by Crippen LogP contribution is 2.21. The van der Waals surface area contributed by atoms with Crippen molar-refractivity contribution in [2.45, 2.75) is 188 Å². The normalized spacial score (nSPS) is 11.5. The number of hydrogen-bond acceptors (Lipinski definition) is 2. The van der Waals surface area contributed by atoms with Crippen LogP contribution in [-0.4, -0.2) is 19.0 Å². The van der Waals surface area contributed by atoms with Crippen LogP contribution in [0.1, 0.15) is 188 Å². The van der Waals surface area contributed by atoms with Gasteiger partial charge >= 0.3 is 0 Å². The monoisotopic (exact) mass is 495 g/mol. The van der Waals surface area contributed by atoms with Crippen LogP contribution in [0.25, 0.3) is 0 Å². The summed E-state index contributed by atoms with van der Waals surface area (Å²) in [5, 5.41) is 0. The molecule has 0 heterocycles. The van der Waals surface area contributed by atoms with Crippen LogP contribution in [0.2, 0.25) is 0 Å². The summed E-state index contributed by atoms with van der Waals surface area (Å²) in [6.45, 7) is 7.54. The quantitative estimate of drug-likeness (QED) is 0.0928. The summed E-state index contributed by atoms with van der Waals surface area (Å²) >= 11 is 0. The van der Waals surface area contributed by atoms with Gasteiger partial charge in [0, 0.05) is 12.5 Å². The van der Waals surface area contributed by atoms with Crippen LogP contribution in [0, 0.1) is 5.92 Å². The number of rotatable bonds is 30. The minimum atomic E-state index is 0.243. The fourth-order valence-corrected chi connectivity index (χ4v) is 5.25. The lowest BCUT2D eigenvalue weighted by Gasteiger charge is -2.16. The van der Waals surface area contributed by atoms with E-state index in [4.69, 9.17) is 4.74 Å². The molecule has 0 spiro atoms. The Kier molecular flexibility index (Phi) is 29.5. The van der Waals surface area contributed by atoms with E-state index in [9.17, 15) is 4.79 Å². The minimum absolute atomic E-state index is 0.243. The maximum Gasteiger partial charge on any atom is 0.161 e. The number of hydrogen-bond donors (Lipinski definition) is 0. The Morgan fingerprint density at radius 3 is 1.03 bits per heavy atom. The van der Waals surface area contributed by atoms with Gasteiger partial charge < -0.3 is 4.74 Å². The summed E-state index contributed by atoms with van der Waals surface area (Å²) < 4.78 is 5.45. The smallest absolute Gasteiger partial charge is 0.161 e. The molecule has 0 rings (SSSR count). The summed E-state index contributed by atoms with van der Waals surface area (Å²) in [4.78, 5) is 12.6. The third kappa shape index (κ3) is 26.5. The summed E-state index contributed by atoms with van der Waals surface area (Å²) in [7, 11) is 0. The van der Waals surface area contributed by atoms with Crippen LogP contribution in [0.3, 0.4) is 0 Å². The van der Waals surface area contributed by atoms with Gasteiger partial charge in [-0.05, 0) is 19.8 Å². The van der Waals surface area contributed by atoms with Crippen molar-refractivity contribution < 1.29 is 9.53 Å². The SMILES string of the molecule is CCCCCCCCCCCCCCC(CCCCCCCCCCCCCC)C(=O)COCC. The molecule has 0 fully saturated rings. The lowest BCUT2D eigenvalue weighted by molar-refractivity contribution is -0.127. The topological polar surface area (TPSA) is 26.3 Å². The van der Waals surface area contributed by atoms with Gasteiger partial charge in [0.2, 0.25) is 0 Å². The van der Waals surface area contributed by atoms with E-state index in [-0.39, 0.29) is 5.92 Å². The second-order valence-corrected chi connectivity index (χ2v) is 11.2. The second kappa shape index (κ2) is 29.9. The first-order chi connectivity index (χ1) is 17.3. The average molecular weight is 495 g/mol. The fourth-order valence-electron chi connectivity index (χ4n) is 5.25. The number of unbranched alkanes of at least 4 members (excludes halogenated alkanes) is 22. The maximum atomic E-state index is 12.6. The van der Waals surface area contributed by atoms with E-state index in [1.54, 1.807) is 0 Å². The molecule has 0 aliphatic carbocycles. The highest BCUT2D eigenvalue weighted by molar-refractivity contribution is 5.82. The molecule has 0 aromatic rings. The predicted octanol–water partition coefficient (Wildman–Crippen LogP) is 11.4. The lowest BCUT2D eigenvalue weighted by atomic mass is 9.90. The van der Waals surface area contributed by atoms with Crippen molar-refractivity contribution in [2.75, 3.05) is 13.2 Å². The van der Waals surface area contributed by atoms with Gasteiger partial charge in [-0.15, -0.1) is 0 Å². The average Bonchev–Trinajstić information content (AvgIpc) is 2.87. The van der Waals surface area contributed by atoms with Gasteiger partial charge in [-0.1, -0.05) is 168 Å². The highest BCUT2D eigenvalue weighted by atomic mass is 16.5. The zero-order valence-electron chi connectivity index (χ0n) is 24.7. The molecule has 35 heavy (non-hydrogen) atoms.